The maximum Gasteiger partial charge on any atom is 0.343 e. The SMILES string of the molecule is O=C(Oc1ccc2ccc(=O)oc2c1)c1ccc2nc(-c3ccccc3O)[nH]c2c1. The van der Waals surface area contributed by atoms with Crippen molar-refractivity contribution in [3.8, 4) is 22.9 Å². The van der Waals surface area contributed by atoms with Gasteiger partial charge in [0.2, 0.25) is 0 Å². The minimum atomic E-state index is -0.562. The Balaban J connectivity index is 1.45. The number of hydrogen-bond donors (Lipinski definition) is 2. The molecule has 7 nitrogen and oxygen atoms in total. The Hall–Kier alpha value is -4.39. The van der Waals surface area contributed by atoms with Gasteiger partial charge in [0.1, 0.15) is 22.9 Å². The average molecular weight is 398 g/mol. The van der Waals surface area contributed by atoms with Crippen LogP contribution in [0.15, 0.2) is 82.0 Å². The van der Waals surface area contributed by atoms with E-state index in [2.05, 4.69) is 9.97 Å². The molecule has 0 amide bonds. The average Bonchev–Trinajstić information content (AvgIpc) is 3.16. The number of aromatic hydroxyl groups is 1. The Morgan fingerprint density at radius 1 is 1.00 bits per heavy atom. The molecule has 0 unspecified atom stereocenters. The monoisotopic (exact) mass is 398 g/mol. The Labute approximate surface area is 169 Å². The number of hydrogen-bond acceptors (Lipinski definition) is 6. The van der Waals surface area contributed by atoms with Gasteiger partial charge in [-0.3, -0.25) is 0 Å². The minimum absolute atomic E-state index is 0.110. The zero-order valence-corrected chi connectivity index (χ0v) is 15.5. The Morgan fingerprint density at radius 2 is 1.83 bits per heavy atom. The lowest BCUT2D eigenvalue weighted by Crippen LogP contribution is -2.08. The van der Waals surface area contributed by atoms with E-state index in [0.717, 1.165) is 5.39 Å². The summed E-state index contributed by atoms with van der Waals surface area (Å²) in [7, 11) is 0. The minimum Gasteiger partial charge on any atom is -0.507 e. The number of rotatable bonds is 3. The first kappa shape index (κ1) is 17.7. The van der Waals surface area contributed by atoms with Crippen LogP contribution in [0.3, 0.4) is 0 Å². The van der Waals surface area contributed by atoms with Crippen molar-refractivity contribution in [3.63, 3.8) is 0 Å². The van der Waals surface area contributed by atoms with Gasteiger partial charge in [-0.2, -0.15) is 0 Å². The molecule has 5 rings (SSSR count). The van der Waals surface area contributed by atoms with E-state index in [0.29, 0.717) is 33.6 Å². The summed E-state index contributed by atoms with van der Waals surface area (Å²) in [6, 6.07) is 19.6. The molecule has 7 heteroatoms. The lowest BCUT2D eigenvalue weighted by molar-refractivity contribution is 0.0735. The number of carbonyl (C=O) groups is 1. The molecule has 5 aromatic rings. The molecule has 0 saturated heterocycles. The fourth-order valence-electron chi connectivity index (χ4n) is 3.21. The van der Waals surface area contributed by atoms with Gasteiger partial charge in [0.15, 0.2) is 0 Å². The second kappa shape index (κ2) is 6.89. The number of fused-ring (bicyclic) bond motifs is 2. The molecule has 0 aliphatic heterocycles. The van der Waals surface area contributed by atoms with E-state index in [4.69, 9.17) is 9.15 Å². The summed E-state index contributed by atoms with van der Waals surface area (Å²) < 4.78 is 10.6. The maximum absolute atomic E-state index is 12.6. The summed E-state index contributed by atoms with van der Waals surface area (Å²) in [5, 5.41) is 10.8. The molecule has 0 radical (unpaired) electrons. The lowest BCUT2D eigenvalue weighted by atomic mass is 10.2. The van der Waals surface area contributed by atoms with E-state index >= 15 is 0 Å². The molecule has 2 aromatic heterocycles. The van der Waals surface area contributed by atoms with Crippen molar-refractivity contribution >= 4 is 28.0 Å². The van der Waals surface area contributed by atoms with Crippen molar-refractivity contribution in [1.29, 1.82) is 0 Å². The zero-order valence-electron chi connectivity index (χ0n) is 15.5. The van der Waals surface area contributed by atoms with Gasteiger partial charge in [-0.05, 0) is 48.5 Å². The molecule has 2 heterocycles. The number of aromatic amines is 1. The molecule has 146 valence electrons. The summed E-state index contributed by atoms with van der Waals surface area (Å²) in [5.74, 6) is 0.312. The van der Waals surface area contributed by atoms with E-state index in [1.54, 1.807) is 60.7 Å². The fraction of sp³-hybridized carbons (Fsp3) is 0. The molecule has 0 aliphatic carbocycles. The summed E-state index contributed by atoms with van der Waals surface area (Å²) in [4.78, 5) is 31.6. The van der Waals surface area contributed by atoms with E-state index in [1.807, 2.05) is 0 Å². The van der Waals surface area contributed by atoms with Crippen LogP contribution in [0.25, 0.3) is 33.4 Å². The van der Waals surface area contributed by atoms with E-state index in [9.17, 15) is 14.7 Å². The summed E-state index contributed by atoms with van der Waals surface area (Å²) >= 11 is 0. The molecule has 0 aliphatic rings. The zero-order chi connectivity index (χ0) is 20.7. The van der Waals surface area contributed by atoms with E-state index in [1.165, 1.54) is 12.1 Å². The number of nitrogens with zero attached hydrogens (tertiary/aromatic N) is 1. The molecule has 0 spiro atoms. The Kier molecular flexibility index (Phi) is 4.07. The van der Waals surface area contributed by atoms with Crippen LogP contribution in [0.4, 0.5) is 0 Å². The van der Waals surface area contributed by atoms with Crippen LogP contribution in [0.2, 0.25) is 0 Å². The van der Waals surface area contributed by atoms with Crippen molar-refractivity contribution < 1.29 is 19.1 Å². The third-order valence-electron chi connectivity index (χ3n) is 4.68. The van der Waals surface area contributed by atoms with Gasteiger partial charge in [0.25, 0.3) is 0 Å². The molecule has 2 N–H and O–H groups in total. The third-order valence-corrected chi connectivity index (χ3v) is 4.68. The molecular formula is C23H14N2O5. The highest BCUT2D eigenvalue weighted by Crippen LogP contribution is 2.28. The number of phenolic OH excluding ortho intramolecular Hbond substituents is 1. The Bertz CT molecular complexity index is 1480. The van der Waals surface area contributed by atoms with Gasteiger partial charge in [0, 0.05) is 17.5 Å². The normalized spacial score (nSPS) is 11.1. The molecular weight excluding hydrogens is 384 g/mol. The van der Waals surface area contributed by atoms with Crippen molar-refractivity contribution in [2.45, 2.75) is 0 Å². The number of benzene rings is 3. The van der Waals surface area contributed by atoms with Gasteiger partial charge in [0.05, 0.1) is 22.2 Å². The molecule has 0 fully saturated rings. The molecule has 0 atom stereocenters. The number of para-hydroxylation sites is 1. The van der Waals surface area contributed by atoms with Gasteiger partial charge >= 0.3 is 11.6 Å². The highest BCUT2D eigenvalue weighted by Gasteiger charge is 2.14. The number of imidazole rings is 1. The lowest BCUT2D eigenvalue weighted by Gasteiger charge is -2.05. The van der Waals surface area contributed by atoms with Crippen molar-refractivity contribution in [2.75, 3.05) is 0 Å². The van der Waals surface area contributed by atoms with Crippen molar-refractivity contribution in [1.82, 2.24) is 9.97 Å². The molecule has 3 aromatic carbocycles. The molecule has 0 saturated carbocycles. The summed E-state index contributed by atoms with van der Waals surface area (Å²) in [6.45, 7) is 0. The van der Waals surface area contributed by atoms with Crippen molar-refractivity contribution in [3.05, 3.63) is 88.8 Å². The second-order valence-corrected chi connectivity index (χ2v) is 6.68. The molecule has 30 heavy (non-hydrogen) atoms. The van der Waals surface area contributed by atoms with Gasteiger partial charge in [-0.25, -0.2) is 14.6 Å². The molecule has 0 bridgehead atoms. The second-order valence-electron chi connectivity index (χ2n) is 6.68. The standard InChI is InChI=1S/C23H14N2O5/c26-19-4-2-1-3-16(19)22-24-17-9-6-14(11-18(17)25-22)23(28)29-15-8-5-13-7-10-21(27)30-20(13)12-15/h1-12,26H,(H,24,25). The maximum atomic E-state index is 12.6. The predicted octanol–water partition coefficient (Wildman–Crippen LogP) is 4.26. The van der Waals surface area contributed by atoms with Crippen LogP contribution >= 0.6 is 0 Å². The quantitative estimate of drug-likeness (QED) is 0.267. The Morgan fingerprint density at radius 3 is 2.70 bits per heavy atom. The van der Waals surface area contributed by atoms with E-state index in [-0.39, 0.29) is 11.5 Å². The largest absolute Gasteiger partial charge is 0.507 e. The number of esters is 1. The number of carbonyl (C=O) groups excluding carboxylic acids is 1. The van der Waals surface area contributed by atoms with Crippen LogP contribution in [0.5, 0.6) is 11.5 Å². The number of aromatic nitrogens is 2. The fourth-order valence-corrected chi connectivity index (χ4v) is 3.21. The van der Waals surface area contributed by atoms with Gasteiger partial charge in [-0.1, -0.05) is 12.1 Å². The number of phenols is 1. The van der Waals surface area contributed by atoms with E-state index < -0.39 is 11.6 Å². The van der Waals surface area contributed by atoms with Crippen LogP contribution in [0, 0.1) is 0 Å². The first-order valence-corrected chi connectivity index (χ1v) is 9.11. The topological polar surface area (TPSA) is 105 Å². The first-order chi connectivity index (χ1) is 14.6. The van der Waals surface area contributed by atoms with Crippen LogP contribution in [0.1, 0.15) is 10.4 Å². The highest BCUT2D eigenvalue weighted by atomic mass is 16.5. The van der Waals surface area contributed by atoms with Gasteiger partial charge in [-0.15, -0.1) is 0 Å². The van der Waals surface area contributed by atoms with Crippen LogP contribution < -0.4 is 10.4 Å². The summed E-state index contributed by atoms with van der Waals surface area (Å²) in [5.41, 5.74) is 2.03. The number of nitrogens with one attached hydrogen (secondary N) is 1. The summed E-state index contributed by atoms with van der Waals surface area (Å²) in [6.07, 6.45) is 0. The smallest absolute Gasteiger partial charge is 0.343 e. The highest BCUT2D eigenvalue weighted by molar-refractivity contribution is 5.95. The van der Waals surface area contributed by atoms with Gasteiger partial charge < -0.3 is 19.2 Å². The van der Waals surface area contributed by atoms with Crippen molar-refractivity contribution in [2.24, 2.45) is 0 Å². The third kappa shape index (κ3) is 3.18. The predicted molar refractivity (Wildman–Crippen MR) is 111 cm³/mol. The number of ether oxygens (including phenoxy) is 1. The van der Waals surface area contributed by atoms with Crippen LogP contribution in [-0.4, -0.2) is 21.0 Å². The number of H-pyrrole nitrogens is 1. The van der Waals surface area contributed by atoms with Crippen LogP contribution in [-0.2, 0) is 0 Å². The first-order valence-electron chi connectivity index (χ1n) is 9.11.